The van der Waals surface area contributed by atoms with Gasteiger partial charge in [0.2, 0.25) is 5.95 Å². The Bertz CT molecular complexity index is 1150. The Morgan fingerprint density at radius 3 is 2.53 bits per heavy atom. The van der Waals surface area contributed by atoms with E-state index in [1.165, 1.54) is 0 Å². The Morgan fingerprint density at radius 1 is 1.09 bits per heavy atom. The van der Waals surface area contributed by atoms with Crippen LogP contribution in [-0.4, -0.2) is 41.8 Å². The number of thiocarbonyl (C=S) groups is 1. The van der Waals surface area contributed by atoms with Crippen molar-refractivity contribution in [3.8, 4) is 0 Å². The number of hydrogen-bond acceptors (Lipinski definition) is 5. The highest BCUT2D eigenvalue weighted by molar-refractivity contribution is 7.80. The number of para-hydroxylation sites is 1. The number of anilines is 3. The van der Waals surface area contributed by atoms with E-state index in [4.69, 9.17) is 45.4 Å². The molecule has 3 N–H and O–H groups in total. The van der Waals surface area contributed by atoms with Gasteiger partial charge < -0.3 is 20.9 Å². The highest BCUT2D eigenvalue weighted by atomic mass is 35.5. The van der Waals surface area contributed by atoms with E-state index in [2.05, 4.69) is 22.0 Å². The zero-order chi connectivity index (χ0) is 24.2. The molecule has 1 aromatic heterocycles. The molecule has 2 aromatic carbocycles. The number of benzene rings is 2. The van der Waals surface area contributed by atoms with Crippen molar-refractivity contribution in [2.45, 2.75) is 38.6 Å². The van der Waals surface area contributed by atoms with E-state index in [1.54, 1.807) is 6.07 Å². The number of halogens is 2. The molecule has 180 valence electrons. The predicted molar refractivity (Wildman–Crippen MR) is 149 cm³/mol. The molecule has 1 saturated carbocycles. The largest absolute Gasteiger partial charge is 0.362 e. The van der Waals surface area contributed by atoms with Gasteiger partial charge >= 0.3 is 0 Å². The second kappa shape index (κ2) is 10.9. The summed E-state index contributed by atoms with van der Waals surface area (Å²) >= 11 is 17.9. The second-order valence-corrected chi connectivity index (χ2v) is 10.3. The first-order valence-corrected chi connectivity index (χ1v) is 12.7. The molecule has 1 heterocycles. The third-order valence-corrected chi connectivity index (χ3v) is 6.99. The van der Waals surface area contributed by atoms with Crippen LogP contribution in [-0.2, 0) is 0 Å². The standard InChI is InChI=1S/C25H30Cl2N6S/c1-15-12-17(26)13-20(27)22(15)31-25(34)28-14-16-8-10-18(11-9-16)29-24-30-21-7-5-4-6-19(21)23(32-24)33(2)3/h4-7,12-13,16,18H,8-11,14H2,1-3H3,(H2,28,31,34)(H,29,30,32)/t16-,18+. The van der Waals surface area contributed by atoms with Crippen LogP contribution in [0.3, 0.4) is 0 Å². The van der Waals surface area contributed by atoms with E-state index in [0.717, 1.165) is 60.2 Å². The summed E-state index contributed by atoms with van der Waals surface area (Å²) in [5.41, 5.74) is 2.71. The summed E-state index contributed by atoms with van der Waals surface area (Å²) in [6.45, 7) is 2.79. The van der Waals surface area contributed by atoms with Gasteiger partial charge in [0.15, 0.2) is 5.11 Å². The summed E-state index contributed by atoms with van der Waals surface area (Å²) in [5, 5.41) is 13.0. The maximum absolute atomic E-state index is 6.32. The molecule has 9 heteroatoms. The molecule has 34 heavy (non-hydrogen) atoms. The van der Waals surface area contributed by atoms with Gasteiger partial charge in [0.05, 0.1) is 16.2 Å². The average molecular weight is 518 g/mol. The molecule has 0 aliphatic heterocycles. The van der Waals surface area contributed by atoms with E-state index in [0.29, 0.717) is 33.1 Å². The van der Waals surface area contributed by atoms with Gasteiger partial charge in [0.25, 0.3) is 0 Å². The van der Waals surface area contributed by atoms with E-state index in [1.807, 2.05) is 50.2 Å². The minimum absolute atomic E-state index is 0.369. The molecule has 1 aliphatic carbocycles. The third-order valence-electron chi connectivity index (χ3n) is 6.23. The maximum Gasteiger partial charge on any atom is 0.225 e. The Balaban J connectivity index is 1.28. The summed E-state index contributed by atoms with van der Waals surface area (Å²) in [5.74, 6) is 2.20. The average Bonchev–Trinajstić information content (AvgIpc) is 2.80. The van der Waals surface area contributed by atoms with Crippen molar-refractivity contribution in [2.75, 3.05) is 36.2 Å². The third kappa shape index (κ3) is 6.01. The smallest absolute Gasteiger partial charge is 0.225 e. The van der Waals surface area contributed by atoms with E-state index >= 15 is 0 Å². The summed E-state index contributed by atoms with van der Waals surface area (Å²) < 4.78 is 0. The lowest BCUT2D eigenvalue weighted by molar-refractivity contribution is 0.336. The maximum atomic E-state index is 6.32. The first-order valence-electron chi connectivity index (χ1n) is 11.5. The van der Waals surface area contributed by atoms with Crippen LogP contribution in [0.4, 0.5) is 17.5 Å². The van der Waals surface area contributed by atoms with Crippen LogP contribution in [0.15, 0.2) is 36.4 Å². The van der Waals surface area contributed by atoms with Crippen molar-refractivity contribution in [3.63, 3.8) is 0 Å². The van der Waals surface area contributed by atoms with Gasteiger partial charge in [0, 0.05) is 37.1 Å². The Labute approximate surface area is 216 Å². The zero-order valence-corrected chi connectivity index (χ0v) is 22.0. The number of rotatable bonds is 6. The lowest BCUT2D eigenvalue weighted by Gasteiger charge is -2.30. The fourth-order valence-corrected chi connectivity index (χ4v) is 5.24. The number of hydrogen-bond donors (Lipinski definition) is 3. The van der Waals surface area contributed by atoms with Gasteiger partial charge in [-0.15, -0.1) is 0 Å². The van der Waals surface area contributed by atoms with Gasteiger partial charge in [-0.1, -0.05) is 35.3 Å². The van der Waals surface area contributed by atoms with Gasteiger partial charge in [-0.25, -0.2) is 4.98 Å². The number of nitrogens with zero attached hydrogens (tertiary/aromatic N) is 3. The van der Waals surface area contributed by atoms with Crippen LogP contribution in [0.5, 0.6) is 0 Å². The SMILES string of the molecule is Cc1cc(Cl)cc(Cl)c1NC(=S)NC[C@H]1CC[C@@H](Nc2nc(N(C)C)c3ccccc3n2)CC1. The molecule has 6 nitrogen and oxygen atoms in total. The molecular weight excluding hydrogens is 487 g/mol. The van der Waals surface area contributed by atoms with Crippen LogP contribution < -0.4 is 20.9 Å². The molecule has 0 spiro atoms. The molecule has 0 radical (unpaired) electrons. The molecule has 1 fully saturated rings. The van der Waals surface area contributed by atoms with Crippen molar-refractivity contribution in [1.82, 2.24) is 15.3 Å². The molecule has 1 aliphatic rings. The lowest BCUT2D eigenvalue weighted by Crippen LogP contribution is -2.36. The number of aromatic nitrogens is 2. The Kier molecular flexibility index (Phi) is 7.96. The van der Waals surface area contributed by atoms with E-state index in [-0.39, 0.29) is 0 Å². The molecular formula is C25H30Cl2N6S. The minimum atomic E-state index is 0.369. The van der Waals surface area contributed by atoms with Crippen LogP contribution in [0.1, 0.15) is 31.2 Å². The normalized spacial score (nSPS) is 17.9. The van der Waals surface area contributed by atoms with Crippen molar-refractivity contribution in [1.29, 1.82) is 0 Å². The van der Waals surface area contributed by atoms with Gasteiger partial charge in [-0.3, -0.25) is 0 Å². The van der Waals surface area contributed by atoms with E-state index < -0.39 is 0 Å². The lowest BCUT2D eigenvalue weighted by atomic mass is 9.86. The fourth-order valence-electron chi connectivity index (χ4n) is 4.41. The van der Waals surface area contributed by atoms with Crippen molar-refractivity contribution >= 4 is 68.9 Å². The highest BCUT2D eigenvalue weighted by Gasteiger charge is 2.22. The summed E-state index contributed by atoms with van der Waals surface area (Å²) in [4.78, 5) is 11.6. The predicted octanol–water partition coefficient (Wildman–Crippen LogP) is 6.27. The molecule has 0 bridgehead atoms. The summed E-state index contributed by atoms with van der Waals surface area (Å²) in [7, 11) is 4.02. The van der Waals surface area contributed by atoms with Crippen LogP contribution >= 0.6 is 35.4 Å². The molecule has 0 saturated heterocycles. The van der Waals surface area contributed by atoms with Gasteiger partial charge in [-0.2, -0.15) is 4.98 Å². The highest BCUT2D eigenvalue weighted by Crippen LogP contribution is 2.30. The first-order chi connectivity index (χ1) is 16.3. The Hall–Kier alpha value is -2.35. The first kappa shape index (κ1) is 24.8. The van der Waals surface area contributed by atoms with E-state index in [9.17, 15) is 0 Å². The van der Waals surface area contributed by atoms with Gasteiger partial charge in [-0.05, 0) is 80.6 Å². The zero-order valence-electron chi connectivity index (χ0n) is 19.7. The summed E-state index contributed by atoms with van der Waals surface area (Å²) in [6.07, 6.45) is 4.37. The quantitative estimate of drug-likeness (QED) is 0.333. The van der Waals surface area contributed by atoms with Crippen molar-refractivity contribution in [3.05, 3.63) is 52.0 Å². The topological polar surface area (TPSA) is 65.1 Å². The molecule has 0 unspecified atom stereocenters. The molecule has 0 amide bonds. The second-order valence-electron chi connectivity index (χ2n) is 9.06. The molecule has 0 atom stereocenters. The molecule has 4 rings (SSSR count). The number of fused-ring (bicyclic) bond motifs is 1. The monoisotopic (exact) mass is 516 g/mol. The van der Waals surface area contributed by atoms with Crippen LogP contribution in [0.25, 0.3) is 10.9 Å². The van der Waals surface area contributed by atoms with Gasteiger partial charge in [0.1, 0.15) is 5.82 Å². The van der Waals surface area contributed by atoms with Crippen LogP contribution in [0.2, 0.25) is 10.0 Å². The summed E-state index contributed by atoms with van der Waals surface area (Å²) in [6, 6.07) is 12.1. The molecule has 3 aromatic rings. The number of aryl methyl sites for hydroxylation is 1. The van der Waals surface area contributed by atoms with Crippen LogP contribution in [0, 0.1) is 12.8 Å². The fraction of sp³-hybridized carbons (Fsp3) is 0.400. The van der Waals surface area contributed by atoms with Crippen molar-refractivity contribution in [2.24, 2.45) is 5.92 Å². The Morgan fingerprint density at radius 2 is 1.82 bits per heavy atom. The van der Waals surface area contributed by atoms with Crippen molar-refractivity contribution < 1.29 is 0 Å². The minimum Gasteiger partial charge on any atom is -0.362 e. The number of nitrogens with one attached hydrogen (secondary N) is 3.